The smallest absolute Gasteiger partial charge is 0.319 e. The van der Waals surface area contributed by atoms with Crippen molar-refractivity contribution in [2.75, 3.05) is 31.6 Å². The minimum Gasteiger partial charge on any atom is -0.395 e. The average molecular weight is 340 g/mol. The number of carbonyl (C=O) groups is 1. The second-order valence-corrected chi connectivity index (χ2v) is 6.42. The van der Waals surface area contributed by atoms with E-state index in [9.17, 15) is 9.90 Å². The number of likely N-dealkylation sites (tertiary alicyclic amines) is 1. The third-order valence-electron chi connectivity index (χ3n) is 4.38. The summed E-state index contributed by atoms with van der Waals surface area (Å²) in [6.45, 7) is 4.84. The maximum absolute atomic E-state index is 11.9. The van der Waals surface area contributed by atoms with Gasteiger partial charge in [-0.25, -0.2) is 4.79 Å². The van der Waals surface area contributed by atoms with Crippen LogP contribution >= 0.6 is 11.6 Å². The summed E-state index contributed by atoms with van der Waals surface area (Å²) in [5, 5.41) is 15.6. The van der Waals surface area contributed by atoms with Crippen molar-refractivity contribution in [1.82, 2.24) is 10.2 Å². The molecule has 1 aromatic carbocycles. The second-order valence-electron chi connectivity index (χ2n) is 6.01. The van der Waals surface area contributed by atoms with Crippen LogP contribution in [0.5, 0.6) is 0 Å². The molecule has 3 N–H and O–H groups in total. The second kappa shape index (κ2) is 9.11. The SMILES string of the molecule is Cc1c(Cl)cccc1NC(=O)NCCCCN1CCCC1CO. The van der Waals surface area contributed by atoms with E-state index in [1.54, 1.807) is 6.07 Å². The van der Waals surface area contributed by atoms with E-state index >= 15 is 0 Å². The molecule has 0 radical (unpaired) electrons. The van der Waals surface area contributed by atoms with Crippen molar-refractivity contribution in [3.05, 3.63) is 28.8 Å². The molecule has 0 bridgehead atoms. The van der Waals surface area contributed by atoms with Crippen molar-refractivity contribution < 1.29 is 9.90 Å². The highest BCUT2D eigenvalue weighted by Crippen LogP contribution is 2.22. The number of hydrogen-bond acceptors (Lipinski definition) is 3. The Balaban J connectivity index is 1.62. The highest BCUT2D eigenvalue weighted by atomic mass is 35.5. The maximum Gasteiger partial charge on any atom is 0.319 e. The predicted octanol–water partition coefficient (Wildman–Crippen LogP) is 3.01. The highest BCUT2D eigenvalue weighted by molar-refractivity contribution is 6.31. The van der Waals surface area contributed by atoms with Crippen LogP contribution in [0.1, 0.15) is 31.2 Å². The molecule has 6 heteroatoms. The Morgan fingerprint density at radius 2 is 2.26 bits per heavy atom. The van der Waals surface area contributed by atoms with Gasteiger partial charge in [0.15, 0.2) is 0 Å². The van der Waals surface area contributed by atoms with Crippen LogP contribution in [0, 0.1) is 6.92 Å². The lowest BCUT2D eigenvalue weighted by atomic mass is 10.2. The molecule has 0 aliphatic carbocycles. The third-order valence-corrected chi connectivity index (χ3v) is 4.79. The first-order chi connectivity index (χ1) is 11.1. The number of amides is 2. The first-order valence-electron chi connectivity index (χ1n) is 8.26. The van der Waals surface area contributed by atoms with Crippen molar-refractivity contribution in [2.24, 2.45) is 0 Å². The molecule has 23 heavy (non-hydrogen) atoms. The average Bonchev–Trinajstić information content (AvgIpc) is 2.99. The summed E-state index contributed by atoms with van der Waals surface area (Å²) >= 11 is 6.03. The maximum atomic E-state index is 11.9. The van der Waals surface area contributed by atoms with Crippen molar-refractivity contribution in [1.29, 1.82) is 0 Å². The number of nitrogens with one attached hydrogen (secondary N) is 2. The molecule has 1 aromatic rings. The molecule has 1 fully saturated rings. The molecule has 1 aliphatic heterocycles. The Kier molecular flexibility index (Phi) is 7.15. The van der Waals surface area contributed by atoms with Gasteiger partial charge in [0.05, 0.1) is 6.61 Å². The van der Waals surface area contributed by atoms with Gasteiger partial charge in [-0.1, -0.05) is 17.7 Å². The molecular formula is C17H26ClN3O2. The van der Waals surface area contributed by atoms with Gasteiger partial charge in [-0.2, -0.15) is 0 Å². The van der Waals surface area contributed by atoms with Gasteiger partial charge in [-0.3, -0.25) is 4.90 Å². The van der Waals surface area contributed by atoms with Gasteiger partial charge in [0.2, 0.25) is 0 Å². The summed E-state index contributed by atoms with van der Waals surface area (Å²) < 4.78 is 0. The minimum absolute atomic E-state index is 0.204. The molecule has 2 rings (SSSR count). The monoisotopic (exact) mass is 339 g/mol. The van der Waals surface area contributed by atoms with Crippen LogP contribution in [0.15, 0.2) is 18.2 Å². The van der Waals surface area contributed by atoms with Crippen molar-refractivity contribution in [2.45, 2.75) is 38.6 Å². The molecule has 0 spiro atoms. The Labute approximate surface area is 143 Å². The van der Waals surface area contributed by atoms with Crippen LogP contribution in [0.2, 0.25) is 5.02 Å². The van der Waals surface area contributed by atoms with Crippen LogP contribution in [0.3, 0.4) is 0 Å². The van der Waals surface area contributed by atoms with E-state index in [-0.39, 0.29) is 12.6 Å². The Morgan fingerprint density at radius 3 is 3.04 bits per heavy atom. The molecular weight excluding hydrogens is 314 g/mol. The van der Waals surface area contributed by atoms with E-state index in [4.69, 9.17) is 11.6 Å². The lowest BCUT2D eigenvalue weighted by molar-refractivity contribution is 0.157. The lowest BCUT2D eigenvalue weighted by Gasteiger charge is -2.22. The summed E-state index contributed by atoms with van der Waals surface area (Å²) in [6, 6.07) is 5.58. The summed E-state index contributed by atoms with van der Waals surface area (Å²) in [6.07, 6.45) is 4.21. The van der Waals surface area contributed by atoms with Crippen LogP contribution in [-0.2, 0) is 0 Å². The van der Waals surface area contributed by atoms with E-state index in [2.05, 4.69) is 15.5 Å². The topological polar surface area (TPSA) is 64.6 Å². The molecule has 1 aliphatic rings. The third kappa shape index (κ3) is 5.37. The molecule has 0 aromatic heterocycles. The zero-order valence-electron chi connectivity index (χ0n) is 13.6. The van der Waals surface area contributed by atoms with Gasteiger partial charge in [0, 0.05) is 23.3 Å². The zero-order chi connectivity index (χ0) is 16.7. The minimum atomic E-state index is -0.204. The molecule has 1 saturated heterocycles. The van der Waals surface area contributed by atoms with E-state index in [0.29, 0.717) is 17.6 Å². The van der Waals surface area contributed by atoms with Gasteiger partial charge in [0.1, 0.15) is 0 Å². The lowest BCUT2D eigenvalue weighted by Crippen LogP contribution is -2.34. The number of aliphatic hydroxyl groups excluding tert-OH is 1. The van der Waals surface area contributed by atoms with Gasteiger partial charge < -0.3 is 15.7 Å². The molecule has 2 amide bonds. The van der Waals surface area contributed by atoms with Gasteiger partial charge in [-0.05, 0) is 63.4 Å². The summed E-state index contributed by atoms with van der Waals surface area (Å²) in [7, 11) is 0. The number of nitrogens with zero attached hydrogens (tertiary/aromatic N) is 1. The number of urea groups is 1. The first kappa shape index (κ1) is 18.0. The molecule has 1 unspecified atom stereocenters. The molecule has 128 valence electrons. The molecule has 1 heterocycles. The highest BCUT2D eigenvalue weighted by Gasteiger charge is 2.22. The number of aliphatic hydroxyl groups is 1. The first-order valence-corrected chi connectivity index (χ1v) is 8.64. The molecule has 0 saturated carbocycles. The predicted molar refractivity (Wildman–Crippen MR) is 94.1 cm³/mol. The normalized spacial score (nSPS) is 18.1. The van der Waals surface area contributed by atoms with Crippen LogP contribution < -0.4 is 10.6 Å². The molecule has 1 atom stereocenters. The number of carbonyl (C=O) groups excluding carboxylic acids is 1. The van der Waals surface area contributed by atoms with Crippen LogP contribution in [0.4, 0.5) is 10.5 Å². The van der Waals surface area contributed by atoms with E-state index in [1.807, 2.05) is 19.1 Å². The van der Waals surface area contributed by atoms with Crippen LogP contribution in [0.25, 0.3) is 0 Å². The van der Waals surface area contributed by atoms with Crippen molar-refractivity contribution in [3.63, 3.8) is 0 Å². The van der Waals surface area contributed by atoms with Crippen molar-refractivity contribution >= 4 is 23.3 Å². The number of unbranched alkanes of at least 4 members (excludes halogenated alkanes) is 1. The van der Waals surface area contributed by atoms with E-state index < -0.39 is 0 Å². The number of hydrogen-bond donors (Lipinski definition) is 3. The zero-order valence-corrected chi connectivity index (χ0v) is 14.4. The Morgan fingerprint density at radius 1 is 1.43 bits per heavy atom. The Bertz CT molecular complexity index is 525. The number of rotatable bonds is 7. The Hall–Kier alpha value is -1.30. The van der Waals surface area contributed by atoms with Gasteiger partial charge >= 0.3 is 6.03 Å². The van der Waals surface area contributed by atoms with E-state index in [0.717, 1.165) is 43.6 Å². The van der Waals surface area contributed by atoms with Crippen LogP contribution in [-0.4, -0.2) is 48.3 Å². The fourth-order valence-electron chi connectivity index (χ4n) is 2.95. The van der Waals surface area contributed by atoms with E-state index in [1.165, 1.54) is 6.42 Å². The summed E-state index contributed by atoms with van der Waals surface area (Å²) in [4.78, 5) is 14.2. The van der Waals surface area contributed by atoms with Crippen molar-refractivity contribution in [3.8, 4) is 0 Å². The number of halogens is 1. The fraction of sp³-hybridized carbons (Fsp3) is 0.588. The largest absolute Gasteiger partial charge is 0.395 e. The van der Waals surface area contributed by atoms with Gasteiger partial charge in [-0.15, -0.1) is 0 Å². The fourth-order valence-corrected chi connectivity index (χ4v) is 3.12. The number of benzene rings is 1. The summed E-state index contributed by atoms with van der Waals surface area (Å²) in [5.74, 6) is 0. The number of anilines is 1. The standard InChI is InChI=1S/C17H26ClN3O2/c1-13-15(18)7-4-8-16(13)20-17(23)19-9-2-3-10-21-11-5-6-14(21)12-22/h4,7-8,14,22H,2-3,5-6,9-12H2,1H3,(H2,19,20,23). The van der Waals surface area contributed by atoms with Gasteiger partial charge in [0.25, 0.3) is 0 Å². The molecule has 5 nitrogen and oxygen atoms in total. The summed E-state index contributed by atoms with van der Waals surface area (Å²) in [5.41, 5.74) is 1.60. The quantitative estimate of drug-likeness (QED) is 0.669.